The Hall–Kier alpha value is -3.06. The van der Waals surface area contributed by atoms with E-state index in [1.165, 1.54) is 0 Å². The molecule has 2 aromatic rings. The van der Waals surface area contributed by atoms with Gasteiger partial charge in [-0.15, -0.1) is 0 Å². The Labute approximate surface area is 165 Å². The molecule has 1 heterocycles. The van der Waals surface area contributed by atoms with E-state index in [1.807, 2.05) is 18.2 Å². The molecule has 0 spiro atoms. The second-order valence-corrected chi connectivity index (χ2v) is 6.67. The van der Waals surface area contributed by atoms with Crippen molar-refractivity contribution >= 4 is 23.2 Å². The van der Waals surface area contributed by atoms with Gasteiger partial charge in [-0.25, -0.2) is 0 Å². The number of anilines is 2. The van der Waals surface area contributed by atoms with Crippen LogP contribution >= 0.6 is 0 Å². The Morgan fingerprint density at radius 2 is 1.75 bits per heavy atom. The molecule has 0 unspecified atom stereocenters. The van der Waals surface area contributed by atoms with Crippen molar-refractivity contribution in [3.05, 3.63) is 54.1 Å². The van der Waals surface area contributed by atoms with Crippen molar-refractivity contribution < 1.29 is 14.3 Å². The number of hydrogen-bond donors (Lipinski definition) is 2. The number of amides is 2. The number of nitrogens with one attached hydrogen (secondary N) is 2. The van der Waals surface area contributed by atoms with Crippen molar-refractivity contribution in [3.8, 4) is 5.75 Å². The number of rotatable bonds is 6. The zero-order chi connectivity index (χ0) is 19.9. The van der Waals surface area contributed by atoms with Crippen LogP contribution in [0.4, 0.5) is 11.4 Å². The van der Waals surface area contributed by atoms with Gasteiger partial charge in [-0.2, -0.15) is 0 Å². The van der Waals surface area contributed by atoms with E-state index in [9.17, 15) is 9.59 Å². The molecule has 1 fully saturated rings. The second-order valence-electron chi connectivity index (χ2n) is 6.67. The molecular weight excluding hydrogens is 356 g/mol. The summed E-state index contributed by atoms with van der Waals surface area (Å²) in [5.74, 6) is 0.649. The minimum atomic E-state index is -0.146. The zero-order valence-electron chi connectivity index (χ0n) is 16.3. The first kappa shape index (κ1) is 19.7. The predicted octanol–water partition coefficient (Wildman–Crippen LogP) is 1.82. The monoisotopic (exact) mass is 382 g/mol. The molecule has 148 valence electrons. The van der Waals surface area contributed by atoms with Gasteiger partial charge in [0.15, 0.2) is 0 Å². The summed E-state index contributed by atoms with van der Waals surface area (Å²) in [5.41, 5.74) is 2.39. The predicted molar refractivity (Wildman–Crippen MR) is 110 cm³/mol. The van der Waals surface area contributed by atoms with E-state index in [0.717, 1.165) is 37.6 Å². The summed E-state index contributed by atoms with van der Waals surface area (Å²) in [6.45, 7) is 3.71. The van der Waals surface area contributed by atoms with Crippen LogP contribution in [0, 0.1) is 0 Å². The normalized spacial score (nSPS) is 14.4. The number of ether oxygens (including phenoxy) is 1. The Kier molecular flexibility index (Phi) is 6.49. The molecule has 1 saturated heterocycles. The van der Waals surface area contributed by atoms with Crippen molar-refractivity contribution in [2.75, 3.05) is 57.1 Å². The SMILES string of the molecule is CNC(=O)c1ccc(NC(=O)CN2CCN(c3cccc(OC)c3)CC2)cc1. The van der Waals surface area contributed by atoms with E-state index in [1.54, 1.807) is 38.4 Å². The molecule has 0 radical (unpaired) electrons. The molecule has 28 heavy (non-hydrogen) atoms. The Morgan fingerprint density at radius 1 is 1.04 bits per heavy atom. The van der Waals surface area contributed by atoms with Gasteiger partial charge in [-0.1, -0.05) is 6.07 Å². The van der Waals surface area contributed by atoms with E-state index in [4.69, 9.17) is 4.74 Å². The average molecular weight is 382 g/mol. The Bertz CT molecular complexity index is 815. The van der Waals surface area contributed by atoms with Crippen molar-refractivity contribution in [2.45, 2.75) is 0 Å². The van der Waals surface area contributed by atoms with E-state index in [2.05, 4.69) is 26.5 Å². The highest BCUT2D eigenvalue weighted by molar-refractivity contribution is 5.96. The van der Waals surface area contributed by atoms with Gasteiger partial charge in [0.05, 0.1) is 13.7 Å². The summed E-state index contributed by atoms with van der Waals surface area (Å²) in [6, 6.07) is 14.9. The Balaban J connectivity index is 1.47. The third-order valence-electron chi connectivity index (χ3n) is 4.82. The molecular formula is C21H26N4O3. The second kappa shape index (κ2) is 9.23. The maximum atomic E-state index is 12.3. The molecule has 2 N–H and O–H groups in total. The molecule has 0 aromatic heterocycles. The van der Waals surface area contributed by atoms with Gasteiger partial charge in [0.25, 0.3) is 5.91 Å². The van der Waals surface area contributed by atoms with Crippen molar-refractivity contribution in [1.29, 1.82) is 0 Å². The maximum Gasteiger partial charge on any atom is 0.251 e. The summed E-state index contributed by atoms with van der Waals surface area (Å²) in [6.07, 6.45) is 0. The lowest BCUT2D eigenvalue weighted by Crippen LogP contribution is -2.48. The van der Waals surface area contributed by atoms with Crippen LogP contribution in [0.5, 0.6) is 5.75 Å². The summed E-state index contributed by atoms with van der Waals surface area (Å²) >= 11 is 0. The smallest absolute Gasteiger partial charge is 0.251 e. The van der Waals surface area contributed by atoms with Gasteiger partial charge in [-0.05, 0) is 36.4 Å². The fourth-order valence-corrected chi connectivity index (χ4v) is 3.22. The van der Waals surface area contributed by atoms with Crippen LogP contribution in [0.15, 0.2) is 48.5 Å². The number of hydrogen-bond acceptors (Lipinski definition) is 5. The van der Waals surface area contributed by atoms with Gasteiger partial charge < -0.3 is 20.3 Å². The van der Waals surface area contributed by atoms with Crippen molar-refractivity contribution in [3.63, 3.8) is 0 Å². The minimum absolute atomic E-state index is 0.0532. The van der Waals surface area contributed by atoms with Crippen molar-refractivity contribution in [1.82, 2.24) is 10.2 Å². The Morgan fingerprint density at radius 3 is 2.39 bits per heavy atom. The lowest BCUT2D eigenvalue weighted by Gasteiger charge is -2.35. The lowest BCUT2D eigenvalue weighted by atomic mass is 10.2. The minimum Gasteiger partial charge on any atom is -0.497 e. The third kappa shape index (κ3) is 5.01. The molecule has 7 heteroatoms. The van der Waals surface area contributed by atoms with Crippen LogP contribution in [0.2, 0.25) is 0 Å². The van der Waals surface area contributed by atoms with E-state index in [0.29, 0.717) is 17.8 Å². The first-order chi connectivity index (χ1) is 13.6. The highest BCUT2D eigenvalue weighted by Crippen LogP contribution is 2.22. The van der Waals surface area contributed by atoms with E-state index in [-0.39, 0.29) is 11.8 Å². The summed E-state index contributed by atoms with van der Waals surface area (Å²) in [4.78, 5) is 28.3. The van der Waals surface area contributed by atoms with Crippen LogP contribution < -0.4 is 20.3 Å². The van der Waals surface area contributed by atoms with Crippen LogP contribution in [0.25, 0.3) is 0 Å². The molecule has 0 bridgehead atoms. The summed E-state index contributed by atoms with van der Waals surface area (Å²) in [5, 5.41) is 5.46. The fourth-order valence-electron chi connectivity index (χ4n) is 3.22. The largest absolute Gasteiger partial charge is 0.497 e. The summed E-state index contributed by atoms with van der Waals surface area (Å²) < 4.78 is 5.29. The fraction of sp³-hybridized carbons (Fsp3) is 0.333. The number of nitrogens with zero attached hydrogens (tertiary/aromatic N) is 2. The average Bonchev–Trinajstić information content (AvgIpc) is 2.74. The highest BCUT2D eigenvalue weighted by atomic mass is 16.5. The number of carbonyl (C=O) groups is 2. The van der Waals surface area contributed by atoms with Crippen LogP contribution in [0.3, 0.4) is 0 Å². The molecule has 0 saturated carbocycles. The molecule has 1 aliphatic rings. The van der Waals surface area contributed by atoms with Gasteiger partial charge in [0, 0.05) is 56.2 Å². The number of carbonyl (C=O) groups excluding carboxylic acids is 2. The maximum absolute atomic E-state index is 12.3. The van der Waals surface area contributed by atoms with E-state index < -0.39 is 0 Å². The van der Waals surface area contributed by atoms with Crippen LogP contribution in [-0.2, 0) is 4.79 Å². The van der Waals surface area contributed by atoms with Gasteiger partial charge in [0.1, 0.15) is 5.75 Å². The quantitative estimate of drug-likeness (QED) is 0.797. The highest BCUT2D eigenvalue weighted by Gasteiger charge is 2.19. The summed E-state index contributed by atoms with van der Waals surface area (Å²) in [7, 11) is 3.26. The molecule has 2 aromatic carbocycles. The lowest BCUT2D eigenvalue weighted by molar-refractivity contribution is -0.117. The molecule has 7 nitrogen and oxygen atoms in total. The molecule has 0 atom stereocenters. The standard InChI is InChI=1S/C21H26N4O3/c1-22-21(27)16-6-8-17(9-7-16)23-20(26)15-24-10-12-25(13-11-24)18-4-3-5-19(14-18)28-2/h3-9,14H,10-13,15H2,1-2H3,(H,22,27)(H,23,26). The van der Waals surface area contributed by atoms with Gasteiger partial charge in [0.2, 0.25) is 5.91 Å². The topological polar surface area (TPSA) is 73.9 Å². The molecule has 0 aliphatic carbocycles. The number of methoxy groups -OCH3 is 1. The van der Waals surface area contributed by atoms with Crippen LogP contribution in [0.1, 0.15) is 10.4 Å². The molecule has 1 aliphatic heterocycles. The van der Waals surface area contributed by atoms with Crippen LogP contribution in [-0.4, -0.2) is 63.6 Å². The van der Waals surface area contributed by atoms with Crippen molar-refractivity contribution in [2.24, 2.45) is 0 Å². The third-order valence-corrected chi connectivity index (χ3v) is 4.82. The molecule has 3 rings (SSSR count). The van der Waals surface area contributed by atoms with E-state index >= 15 is 0 Å². The first-order valence-corrected chi connectivity index (χ1v) is 9.32. The first-order valence-electron chi connectivity index (χ1n) is 9.32. The van der Waals surface area contributed by atoms with Gasteiger partial charge >= 0.3 is 0 Å². The molecule has 2 amide bonds. The zero-order valence-corrected chi connectivity index (χ0v) is 16.3. The van der Waals surface area contributed by atoms with Gasteiger partial charge in [-0.3, -0.25) is 14.5 Å². The number of benzene rings is 2. The number of piperazine rings is 1.